The predicted octanol–water partition coefficient (Wildman–Crippen LogP) is 1.91. The molecule has 16 heavy (non-hydrogen) atoms. The Morgan fingerprint density at radius 1 is 1.62 bits per heavy atom. The molecule has 1 heterocycles. The summed E-state index contributed by atoms with van der Waals surface area (Å²) in [5.74, 6) is 0. The minimum atomic E-state index is -0.141. The molecule has 1 aliphatic rings. The highest BCUT2D eigenvalue weighted by Gasteiger charge is 2.25. The van der Waals surface area contributed by atoms with Gasteiger partial charge in [0.15, 0.2) is 0 Å². The lowest BCUT2D eigenvalue weighted by Gasteiger charge is -2.11. The van der Waals surface area contributed by atoms with Crippen molar-refractivity contribution in [1.29, 1.82) is 5.26 Å². The normalized spacial score (nSPS) is 17.1. The summed E-state index contributed by atoms with van der Waals surface area (Å²) in [6.45, 7) is 4.59. The van der Waals surface area contributed by atoms with Gasteiger partial charge in [-0.2, -0.15) is 10.4 Å². The first kappa shape index (κ1) is 11.6. The minimum absolute atomic E-state index is 0.141. The number of rotatable bonds is 4. The Hall–Kier alpha value is -0.860. The van der Waals surface area contributed by atoms with Crippen LogP contribution in [0.5, 0.6) is 0 Å². The molecule has 0 spiro atoms. The number of aryl methyl sites for hydroxylation is 1. The van der Waals surface area contributed by atoms with Crippen LogP contribution in [0.25, 0.3) is 0 Å². The van der Waals surface area contributed by atoms with E-state index in [-0.39, 0.29) is 6.04 Å². The summed E-state index contributed by atoms with van der Waals surface area (Å²) in [6, 6.07) is 2.70. The van der Waals surface area contributed by atoms with Crippen molar-refractivity contribution >= 4 is 15.9 Å². The minimum Gasteiger partial charge on any atom is -0.298 e. The first-order chi connectivity index (χ1) is 7.61. The largest absolute Gasteiger partial charge is 0.298 e. The monoisotopic (exact) mass is 282 g/mol. The van der Waals surface area contributed by atoms with Crippen molar-refractivity contribution in [2.24, 2.45) is 0 Å². The van der Waals surface area contributed by atoms with Crippen molar-refractivity contribution < 1.29 is 0 Å². The number of nitrogens with zero attached hydrogens (tertiary/aromatic N) is 3. The molecule has 4 nitrogen and oxygen atoms in total. The predicted molar refractivity (Wildman–Crippen MR) is 65.0 cm³/mol. The zero-order valence-electron chi connectivity index (χ0n) is 9.50. The van der Waals surface area contributed by atoms with Crippen molar-refractivity contribution in [3.63, 3.8) is 0 Å². The van der Waals surface area contributed by atoms with Gasteiger partial charge >= 0.3 is 0 Å². The molecule has 1 saturated carbocycles. The van der Waals surface area contributed by atoms with Crippen LogP contribution in [-0.4, -0.2) is 21.9 Å². The van der Waals surface area contributed by atoms with E-state index in [1.807, 2.05) is 18.5 Å². The van der Waals surface area contributed by atoms with E-state index in [9.17, 15) is 0 Å². The molecular formula is C11H15BrN4. The lowest BCUT2D eigenvalue weighted by Crippen LogP contribution is -2.34. The molecule has 1 aliphatic carbocycles. The Morgan fingerprint density at radius 2 is 2.31 bits per heavy atom. The van der Waals surface area contributed by atoms with Crippen LogP contribution in [0.1, 0.15) is 24.2 Å². The van der Waals surface area contributed by atoms with Gasteiger partial charge in [0.25, 0.3) is 0 Å². The van der Waals surface area contributed by atoms with E-state index >= 15 is 0 Å². The molecule has 5 heteroatoms. The molecule has 0 saturated heterocycles. The third-order valence-corrected chi connectivity index (χ3v) is 3.97. The van der Waals surface area contributed by atoms with Gasteiger partial charge in [-0.15, -0.1) is 0 Å². The molecule has 1 fully saturated rings. The van der Waals surface area contributed by atoms with E-state index in [2.05, 4.69) is 32.4 Å². The number of nitrogens with one attached hydrogen (secondary N) is 1. The quantitative estimate of drug-likeness (QED) is 0.918. The topological polar surface area (TPSA) is 53.6 Å². The number of halogens is 1. The highest BCUT2D eigenvalue weighted by molar-refractivity contribution is 9.10. The van der Waals surface area contributed by atoms with Crippen LogP contribution in [0.15, 0.2) is 4.47 Å². The number of nitriles is 1. The summed E-state index contributed by atoms with van der Waals surface area (Å²) in [6.07, 6.45) is 2.39. The summed E-state index contributed by atoms with van der Waals surface area (Å²) < 4.78 is 2.93. The summed E-state index contributed by atoms with van der Waals surface area (Å²) in [7, 11) is 0. The maximum absolute atomic E-state index is 9.07. The van der Waals surface area contributed by atoms with Crippen LogP contribution in [0.4, 0.5) is 0 Å². The third-order valence-electron chi connectivity index (χ3n) is 2.82. The van der Waals surface area contributed by atoms with Crippen LogP contribution in [0.3, 0.4) is 0 Å². The van der Waals surface area contributed by atoms with Crippen LogP contribution in [0.2, 0.25) is 0 Å². The molecule has 1 N–H and O–H groups in total. The van der Waals surface area contributed by atoms with Gasteiger partial charge in [0.05, 0.1) is 22.8 Å². The molecule has 1 aromatic rings. The van der Waals surface area contributed by atoms with E-state index in [1.165, 1.54) is 12.8 Å². The maximum Gasteiger partial charge on any atom is 0.115 e. The SMILES string of the molecule is Cc1nn(CC(C#N)NC2CC2)c(C)c1Br. The third kappa shape index (κ3) is 2.45. The number of hydrogen-bond donors (Lipinski definition) is 1. The van der Waals surface area contributed by atoms with Gasteiger partial charge in [-0.3, -0.25) is 10.00 Å². The second-order valence-electron chi connectivity index (χ2n) is 4.29. The van der Waals surface area contributed by atoms with Gasteiger partial charge in [0.2, 0.25) is 0 Å². The fourth-order valence-electron chi connectivity index (χ4n) is 1.69. The van der Waals surface area contributed by atoms with Gasteiger partial charge in [0.1, 0.15) is 6.04 Å². The molecule has 86 valence electrons. The molecule has 1 unspecified atom stereocenters. The van der Waals surface area contributed by atoms with E-state index in [0.29, 0.717) is 12.6 Å². The molecule has 0 aliphatic heterocycles. The first-order valence-corrected chi connectivity index (χ1v) is 6.26. The van der Waals surface area contributed by atoms with Gasteiger partial charge in [-0.05, 0) is 42.6 Å². The summed E-state index contributed by atoms with van der Waals surface area (Å²) in [5.41, 5.74) is 2.05. The molecule has 0 bridgehead atoms. The molecule has 1 aromatic heterocycles. The lowest BCUT2D eigenvalue weighted by atomic mass is 10.3. The standard InChI is InChI=1S/C11H15BrN4/c1-7-11(12)8(2)16(15-7)6-10(5-13)14-9-3-4-9/h9-10,14H,3-4,6H2,1-2H3. The van der Waals surface area contributed by atoms with Crippen molar-refractivity contribution in [2.45, 2.75) is 45.3 Å². The smallest absolute Gasteiger partial charge is 0.115 e. The van der Waals surface area contributed by atoms with Gasteiger partial charge in [-0.1, -0.05) is 0 Å². The van der Waals surface area contributed by atoms with Crippen molar-refractivity contribution in [3.8, 4) is 6.07 Å². The van der Waals surface area contributed by atoms with E-state index in [1.54, 1.807) is 0 Å². The highest BCUT2D eigenvalue weighted by Crippen LogP contribution is 2.21. The Labute approximate surface area is 104 Å². The molecule has 0 radical (unpaired) electrons. The van der Waals surface area contributed by atoms with Crippen molar-refractivity contribution in [1.82, 2.24) is 15.1 Å². The average molecular weight is 283 g/mol. The Kier molecular flexibility index (Phi) is 3.31. The van der Waals surface area contributed by atoms with E-state index in [4.69, 9.17) is 5.26 Å². The van der Waals surface area contributed by atoms with Gasteiger partial charge in [0, 0.05) is 11.7 Å². The number of aromatic nitrogens is 2. The zero-order chi connectivity index (χ0) is 11.7. The van der Waals surface area contributed by atoms with Crippen molar-refractivity contribution in [3.05, 3.63) is 15.9 Å². The van der Waals surface area contributed by atoms with Crippen LogP contribution in [-0.2, 0) is 6.54 Å². The number of hydrogen-bond acceptors (Lipinski definition) is 3. The Morgan fingerprint density at radius 3 is 2.75 bits per heavy atom. The molecule has 2 rings (SSSR count). The Balaban J connectivity index is 2.06. The summed E-state index contributed by atoms with van der Waals surface area (Å²) in [4.78, 5) is 0. The molecule has 0 amide bonds. The van der Waals surface area contributed by atoms with Crippen LogP contribution in [0, 0.1) is 25.2 Å². The molecular weight excluding hydrogens is 268 g/mol. The van der Waals surface area contributed by atoms with Crippen molar-refractivity contribution in [2.75, 3.05) is 0 Å². The first-order valence-electron chi connectivity index (χ1n) is 5.47. The average Bonchev–Trinajstić information content (AvgIpc) is 3.04. The lowest BCUT2D eigenvalue weighted by molar-refractivity contribution is 0.480. The fraction of sp³-hybridized carbons (Fsp3) is 0.636. The summed E-state index contributed by atoms with van der Waals surface area (Å²) in [5, 5.41) is 16.8. The fourth-order valence-corrected chi connectivity index (χ4v) is 1.98. The van der Waals surface area contributed by atoms with Crippen LogP contribution >= 0.6 is 15.9 Å². The van der Waals surface area contributed by atoms with Crippen LogP contribution < -0.4 is 5.32 Å². The second-order valence-corrected chi connectivity index (χ2v) is 5.08. The van der Waals surface area contributed by atoms with E-state index in [0.717, 1.165) is 15.9 Å². The van der Waals surface area contributed by atoms with E-state index < -0.39 is 0 Å². The maximum atomic E-state index is 9.07. The van der Waals surface area contributed by atoms with Gasteiger partial charge in [-0.25, -0.2) is 0 Å². The second kappa shape index (κ2) is 4.56. The van der Waals surface area contributed by atoms with Gasteiger partial charge < -0.3 is 0 Å². The molecule has 1 atom stereocenters. The Bertz CT molecular complexity index is 428. The molecule has 0 aromatic carbocycles. The summed E-state index contributed by atoms with van der Waals surface area (Å²) >= 11 is 3.49. The zero-order valence-corrected chi connectivity index (χ0v) is 11.1. The highest BCUT2D eigenvalue weighted by atomic mass is 79.9.